The summed E-state index contributed by atoms with van der Waals surface area (Å²) in [7, 11) is 0. The molecule has 1 unspecified atom stereocenters. The van der Waals surface area contributed by atoms with E-state index in [2.05, 4.69) is 10.2 Å². The van der Waals surface area contributed by atoms with Gasteiger partial charge in [-0.1, -0.05) is 29.8 Å². The summed E-state index contributed by atoms with van der Waals surface area (Å²) in [6, 6.07) is 11.2. The molecule has 1 aromatic heterocycles. The van der Waals surface area contributed by atoms with Gasteiger partial charge in [-0.3, -0.25) is 5.10 Å². The van der Waals surface area contributed by atoms with Crippen molar-refractivity contribution in [1.29, 1.82) is 0 Å². The highest BCUT2D eigenvalue weighted by Crippen LogP contribution is 2.36. The van der Waals surface area contributed by atoms with Crippen LogP contribution in [0.4, 0.5) is 4.39 Å². The van der Waals surface area contributed by atoms with Gasteiger partial charge in [0.25, 0.3) is 0 Å². The monoisotopic (exact) mass is 350 g/mol. The van der Waals surface area contributed by atoms with Crippen LogP contribution in [0, 0.1) is 12.7 Å². The molecule has 2 N–H and O–H groups in total. The Morgan fingerprint density at radius 1 is 1.17 bits per heavy atom. The van der Waals surface area contributed by atoms with Crippen LogP contribution in [0.1, 0.15) is 5.56 Å². The SMILES string of the molecule is Cc1cc(-c2c(-c3ccc(S(=O)O)cc3)n[nH]c2Cl)ccc1F. The highest BCUT2D eigenvalue weighted by Gasteiger charge is 2.16. The Hall–Kier alpha value is -2.02. The molecule has 0 radical (unpaired) electrons. The highest BCUT2D eigenvalue weighted by molar-refractivity contribution is 7.79. The fourth-order valence-corrected chi connectivity index (χ4v) is 2.93. The van der Waals surface area contributed by atoms with E-state index in [0.717, 1.165) is 11.1 Å². The van der Waals surface area contributed by atoms with Crippen LogP contribution in [0.15, 0.2) is 47.4 Å². The van der Waals surface area contributed by atoms with E-state index in [0.29, 0.717) is 26.9 Å². The lowest BCUT2D eigenvalue weighted by Gasteiger charge is -2.06. The van der Waals surface area contributed by atoms with Gasteiger partial charge >= 0.3 is 0 Å². The average Bonchev–Trinajstić information content (AvgIpc) is 2.92. The number of nitrogens with zero attached hydrogens (tertiary/aromatic N) is 1. The summed E-state index contributed by atoms with van der Waals surface area (Å²) >= 11 is 4.17. The molecule has 0 saturated heterocycles. The van der Waals surface area contributed by atoms with Gasteiger partial charge in [-0.15, -0.1) is 0 Å². The molecule has 3 aromatic rings. The Morgan fingerprint density at radius 2 is 1.83 bits per heavy atom. The Morgan fingerprint density at radius 3 is 2.43 bits per heavy atom. The van der Waals surface area contributed by atoms with Crippen molar-refractivity contribution in [2.24, 2.45) is 0 Å². The third-order valence-electron chi connectivity index (χ3n) is 3.50. The summed E-state index contributed by atoms with van der Waals surface area (Å²) < 4.78 is 33.6. The maximum absolute atomic E-state index is 13.5. The van der Waals surface area contributed by atoms with Crippen LogP contribution < -0.4 is 0 Å². The molecule has 0 spiro atoms. The Balaban J connectivity index is 2.11. The van der Waals surface area contributed by atoms with Crippen LogP contribution in [0.2, 0.25) is 5.15 Å². The third kappa shape index (κ3) is 3.06. The zero-order valence-corrected chi connectivity index (χ0v) is 13.6. The largest absolute Gasteiger partial charge is 0.302 e. The van der Waals surface area contributed by atoms with E-state index in [9.17, 15) is 8.60 Å². The van der Waals surface area contributed by atoms with Crippen molar-refractivity contribution in [1.82, 2.24) is 10.2 Å². The van der Waals surface area contributed by atoms with Crippen molar-refractivity contribution in [3.8, 4) is 22.4 Å². The Labute approximate surface area is 139 Å². The predicted octanol–water partition coefficient (Wildman–Crippen LogP) is 4.43. The highest BCUT2D eigenvalue weighted by atomic mass is 35.5. The van der Waals surface area contributed by atoms with Gasteiger partial charge in [-0.05, 0) is 42.3 Å². The summed E-state index contributed by atoms with van der Waals surface area (Å²) in [5.41, 5.74) is 3.24. The van der Waals surface area contributed by atoms with Gasteiger partial charge < -0.3 is 4.55 Å². The van der Waals surface area contributed by atoms with Crippen LogP contribution in [0.5, 0.6) is 0 Å². The maximum atomic E-state index is 13.5. The summed E-state index contributed by atoms with van der Waals surface area (Å²) in [5.74, 6) is -0.287. The van der Waals surface area contributed by atoms with E-state index in [1.807, 2.05) is 0 Å². The smallest absolute Gasteiger partial charge is 0.186 e. The van der Waals surface area contributed by atoms with E-state index < -0.39 is 11.1 Å². The van der Waals surface area contributed by atoms with Gasteiger partial charge in [0, 0.05) is 11.1 Å². The van der Waals surface area contributed by atoms with Crippen LogP contribution in [-0.4, -0.2) is 19.0 Å². The fraction of sp³-hybridized carbons (Fsp3) is 0.0625. The maximum Gasteiger partial charge on any atom is 0.186 e. The number of H-pyrrole nitrogens is 1. The second-order valence-electron chi connectivity index (χ2n) is 5.00. The summed E-state index contributed by atoms with van der Waals surface area (Å²) in [5, 5.41) is 7.27. The summed E-state index contributed by atoms with van der Waals surface area (Å²) in [6.45, 7) is 1.68. The van der Waals surface area contributed by atoms with Crippen molar-refractivity contribution in [3.05, 3.63) is 59.0 Å². The van der Waals surface area contributed by atoms with Crippen LogP contribution in [-0.2, 0) is 11.1 Å². The first-order chi connectivity index (χ1) is 11.0. The number of hydrogen-bond donors (Lipinski definition) is 2. The average molecular weight is 351 g/mol. The number of aromatic amines is 1. The van der Waals surface area contributed by atoms with E-state index in [1.165, 1.54) is 6.07 Å². The van der Waals surface area contributed by atoms with Crippen LogP contribution in [0.3, 0.4) is 0 Å². The molecule has 0 aliphatic heterocycles. The number of aromatic nitrogens is 2. The molecule has 0 aliphatic carbocycles. The number of nitrogens with one attached hydrogen (secondary N) is 1. The zero-order chi connectivity index (χ0) is 16.6. The third-order valence-corrected chi connectivity index (χ3v) is 4.45. The van der Waals surface area contributed by atoms with Crippen molar-refractivity contribution >= 4 is 22.7 Å². The Bertz CT molecular complexity index is 894. The van der Waals surface area contributed by atoms with Crippen molar-refractivity contribution < 1.29 is 13.2 Å². The molecule has 0 saturated carbocycles. The molecule has 1 atom stereocenters. The first kappa shape index (κ1) is 15.9. The topological polar surface area (TPSA) is 66.0 Å². The number of aryl methyl sites for hydroxylation is 1. The van der Waals surface area contributed by atoms with Crippen LogP contribution >= 0.6 is 11.6 Å². The zero-order valence-electron chi connectivity index (χ0n) is 12.0. The molecule has 0 fully saturated rings. The molecule has 0 bridgehead atoms. The van der Waals surface area contributed by atoms with E-state index >= 15 is 0 Å². The molecule has 0 amide bonds. The number of benzene rings is 2. The molecule has 3 rings (SSSR count). The fourth-order valence-electron chi connectivity index (χ4n) is 2.32. The predicted molar refractivity (Wildman–Crippen MR) is 88.2 cm³/mol. The van der Waals surface area contributed by atoms with Gasteiger partial charge in [0.05, 0.1) is 4.90 Å². The Kier molecular flexibility index (Phi) is 4.30. The van der Waals surface area contributed by atoms with Gasteiger partial charge in [-0.2, -0.15) is 5.10 Å². The molecule has 2 aromatic carbocycles. The lowest BCUT2D eigenvalue weighted by atomic mass is 10.0. The number of halogens is 2. The van der Waals surface area contributed by atoms with Gasteiger partial charge in [0.15, 0.2) is 11.1 Å². The first-order valence-corrected chi connectivity index (χ1v) is 8.17. The van der Waals surface area contributed by atoms with Gasteiger partial charge in [0.1, 0.15) is 16.7 Å². The van der Waals surface area contributed by atoms with E-state index in [-0.39, 0.29) is 5.82 Å². The molecule has 118 valence electrons. The molecular weight excluding hydrogens is 339 g/mol. The normalized spacial score (nSPS) is 12.3. The summed E-state index contributed by atoms with van der Waals surface area (Å²) in [6.07, 6.45) is 0. The molecule has 23 heavy (non-hydrogen) atoms. The van der Waals surface area contributed by atoms with Crippen LogP contribution in [0.25, 0.3) is 22.4 Å². The van der Waals surface area contributed by atoms with E-state index in [1.54, 1.807) is 43.3 Å². The van der Waals surface area contributed by atoms with Crippen molar-refractivity contribution in [2.75, 3.05) is 0 Å². The number of rotatable bonds is 3. The minimum absolute atomic E-state index is 0.287. The van der Waals surface area contributed by atoms with Gasteiger partial charge in [-0.25, -0.2) is 8.60 Å². The van der Waals surface area contributed by atoms with E-state index in [4.69, 9.17) is 16.2 Å². The lowest BCUT2D eigenvalue weighted by Crippen LogP contribution is -1.89. The quantitative estimate of drug-likeness (QED) is 0.687. The molecule has 0 aliphatic rings. The minimum Gasteiger partial charge on any atom is -0.302 e. The molecule has 1 heterocycles. The summed E-state index contributed by atoms with van der Waals surface area (Å²) in [4.78, 5) is 0.301. The lowest BCUT2D eigenvalue weighted by molar-refractivity contribution is 0.564. The van der Waals surface area contributed by atoms with Crippen molar-refractivity contribution in [3.63, 3.8) is 0 Å². The second kappa shape index (κ2) is 6.23. The molecular formula is C16H12ClFN2O2S. The van der Waals surface area contributed by atoms with Crippen molar-refractivity contribution in [2.45, 2.75) is 11.8 Å². The second-order valence-corrected chi connectivity index (χ2v) is 6.35. The standard InChI is InChI=1S/C16H12ClFN2O2S/c1-9-8-11(4-7-13(9)18)14-15(19-20-16(14)17)10-2-5-12(6-3-10)23(21)22/h2-8H,1H3,(H,19,20)(H,21,22). The first-order valence-electron chi connectivity index (χ1n) is 6.69. The molecule has 4 nitrogen and oxygen atoms in total. The minimum atomic E-state index is -2.03. The number of hydrogen-bond acceptors (Lipinski definition) is 2. The molecule has 7 heteroatoms. The van der Waals surface area contributed by atoms with Gasteiger partial charge in [0.2, 0.25) is 0 Å².